The second kappa shape index (κ2) is 11.4. The smallest absolute Gasteiger partial charge is 0.482 e. The Labute approximate surface area is 237 Å². The third-order valence-corrected chi connectivity index (χ3v) is 7.13. The van der Waals surface area contributed by atoms with Crippen LogP contribution >= 0.6 is 11.6 Å². The van der Waals surface area contributed by atoms with E-state index in [0.29, 0.717) is 11.1 Å². The van der Waals surface area contributed by atoms with Crippen LogP contribution in [0.15, 0.2) is 67.3 Å². The Hall–Kier alpha value is -4.09. The van der Waals surface area contributed by atoms with Gasteiger partial charge in [0.25, 0.3) is 5.91 Å². The number of fused-ring (bicyclic) bond motifs is 1. The van der Waals surface area contributed by atoms with E-state index in [1.165, 1.54) is 54.3 Å². The Morgan fingerprint density at radius 2 is 1.85 bits per heavy atom. The summed E-state index contributed by atoms with van der Waals surface area (Å²) in [5.41, 5.74) is -3.26. The van der Waals surface area contributed by atoms with Gasteiger partial charge in [-0.05, 0) is 52.6 Å². The number of hydrogen-bond acceptors (Lipinski definition) is 6. The molecule has 0 aliphatic carbocycles. The standard InChI is InChI=1S/C29H24ClF4NO6/c1-4-11-35-23-14-19(7-10-25(23)40-15-26(35)36)28(38,29(32,33)34)16(2)20-8-5-17(12-21(20)30)18-6-9-24(22(31)13-18)41-27(37)39-3/h4-10,12-14,16,38H,1,11,15H2,2-3H3. The molecule has 7 nitrogen and oxygen atoms in total. The molecule has 1 aliphatic rings. The van der Waals surface area contributed by atoms with E-state index in [1.54, 1.807) is 0 Å². The lowest BCUT2D eigenvalue weighted by Gasteiger charge is -2.38. The summed E-state index contributed by atoms with van der Waals surface area (Å²) in [6.07, 6.45) is -4.85. The monoisotopic (exact) mass is 593 g/mol. The number of anilines is 1. The molecule has 216 valence electrons. The third-order valence-electron chi connectivity index (χ3n) is 6.80. The molecule has 0 bridgehead atoms. The van der Waals surface area contributed by atoms with E-state index in [9.17, 15) is 32.3 Å². The van der Waals surface area contributed by atoms with Crippen LogP contribution in [0, 0.1) is 5.82 Å². The number of ether oxygens (including phenoxy) is 3. The molecular weight excluding hydrogens is 570 g/mol. The van der Waals surface area contributed by atoms with Gasteiger partial charge in [0, 0.05) is 17.5 Å². The molecule has 3 aromatic rings. The predicted octanol–water partition coefficient (Wildman–Crippen LogP) is 6.76. The largest absolute Gasteiger partial charge is 0.513 e. The van der Waals surface area contributed by atoms with Crippen molar-refractivity contribution in [2.45, 2.75) is 24.6 Å². The highest BCUT2D eigenvalue weighted by molar-refractivity contribution is 6.31. The summed E-state index contributed by atoms with van der Waals surface area (Å²) in [7, 11) is 1.07. The number of halogens is 5. The van der Waals surface area contributed by atoms with Crippen molar-refractivity contribution in [3.05, 3.63) is 89.2 Å². The van der Waals surface area contributed by atoms with Crippen molar-refractivity contribution < 1.29 is 46.5 Å². The van der Waals surface area contributed by atoms with E-state index < -0.39 is 41.1 Å². The Morgan fingerprint density at radius 1 is 1.17 bits per heavy atom. The fourth-order valence-corrected chi connectivity index (χ4v) is 4.95. The van der Waals surface area contributed by atoms with E-state index in [4.69, 9.17) is 21.1 Å². The van der Waals surface area contributed by atoms with Crippen molar-refractivity contribution in [1.29, 1.82) is 0 Å². The number of nitrogens with zero attached hydrogens (tertiary/aromatic N) is 1. The Kier molecular flexibility index (Phi) is 8.32. The van der Waals surface area contributed by atoms with Crippen LogP contribution in [0.4, 0.5) is 28.0 Å². The van der Waals surface area contributed by atoms with Gasteiger partial charge in [0.15, 0.2) is 23.8 Å². The first-order valence-electron chi connectivity index (χ1n) is 12.1. The molecule has 0 aromatic heterocycles. The molecule has 0 fully saturated rings. The van der Waals surface area contributed by atoms with Gasteiger partial charge in [-0.2, -0.15) is 13.2 Å². The predicted molar refractivity (Wildman–Crippen MR) is 143 cm³/mol. The molecule has 12 heteroatoms. The number of carbonyl (C=O) groups is 2. The second-order valence-corrected chi connectivity index (χ2v) is 9.59. The lowest BCUT2D eigenvalue weighted by atomic mass is 9.77. The summed E-state index contributed by atoms with van der Waals surface area (Å²) in [5.74, 6) is -3.17. The average molecular weight is 594 g/mol. The topological polar surface area (TPSA) is 85.3 Å². The van der Waals surface area contributed by atoms with Crippen molar-refractivity contribution in [3.63, 3.8) is 0 Å². The number of rotatable bonds is 7. The van der Waals surface area contributed by atoms with E-state index in [0.717, 1.165) is 25.3 Å². The number of carbonyl (C=O) groups excluding carboxylic acids is 2. The summed E-state index contributed by atoms with van der Waals surface area (Å²) in [4.78, 5) is 24.8. The van der Waals surface area contributed by atoms with Gasteiger partial charge in [0.05, 0.1) is 12.8 Å². The zero-order valence-corrected chi connectivity index (χ0v) is 22.6. The summed E-state index contributed by atoms with van der Waals surface area (Å²) < 4.78 is 72.8. The van der Waals surface area contributed by atoms with Crippen LogP contribution in [0.3, 0.4) is 0 Å². The number of hydrogen-bond donors (Lipinski definition) is 1. The highest BCUT2D eigenvalue weighted by Crippen LogP contribution is 2.51. The fraction of sp³-hybridized carbons (Fsp3) is 0.241. The number of methoxy groups -OCH3 is 1. The summed E-state index contributed by atoms with van der Waals surface area (Å²) in [6.45, 7) is 4.50. The maximum absolute atomic E-state index is 14.6. The van der Waals surface area contributed by atoms with Crippen LogP contribution in [-0.2, 0) is 15.1 Å². The van der Waals surface area contributed by atoms with E-state index in [-0.39, 0.29) is 40.9 Å². The second-order valence-electron chi connectivity index (χ2n) is 9.19. The van der Waals surface area contributed by atoms with Gasteiger partial charge < -0.3 is 24.2 Å². The number of benzene rings is 3. The molecule has 0 spiro atoms. The first-order valence-corrected chi connectivity index (χ1v) is 12.5. The average Bonchev–Trinajstić information content (AvgIpc) is 2.93. The molecular formula is C29H24ClF4NO6. The van der Waals surface area contributed by atoms with Gasteiger partial charge in [-0.15, -0.1) is 6.58 Å². The number of aliphatic hydroxyl groups is 1. The molecule has 1 heterocycles. The van der Waals surface area contributed by atoms with Gasteiger partial charge in [-0.1, -0.05) is 48.9 Å². The molecule has 41 heavy (non-hydrogen) atoms. The van der Waals surface area contributed by atoms with Crippen LogP contribution in [0.5, 0.6) is 11.5 Å². The number of alkyl halides is 3. The summed E-state index contributed by atoms with van der Waals surface area (Å²) in [5, 5.41) is 11.2. The normalized spacial score (nSPS) is 15.3. The molecule has 0 saturated carbocycles. The maximum Gasteiger partial charge on any atom is 0.513 e. The minimum atomic E-state index is -5.16. The highest BCUT2D eigenvalue weighted by atomic mass is 35.5. The van der Waals surface area contributed by atoms with Crippen LogP contribution < -0.4 is 14.4 Å². The molecule has 0 radical (unpaired) electrons. The Bertz CT molecular complexity index is 1510. The lowest BCUT2D eigenvalue weighted by Crippen LogP contribution is -2.47. The van der Waals surface area contributed by atoms with Crippen molar-refractivity contribution in [3.8, 4) is 22.6 Å². The highest BCUT2D eigenvalue weighted by Gasteiger charge is 2.59. The first-order chi connectivity index (χ1) is 19.3. The fourth-order valence-electron chi connectivity index (χ4n) is 4.61. The molecule has 0 saturated heterocycles. The SMILES string of the molecule is C=CCN1C(=O)COc2ccc(C(O)(C(C)c3ccc(-c4ccc(OC(=O)OC)c(F)c4)cc3Cl)C(F)(F)F)cc21. The third kappa shape index (κ3) is 5.59. The van der Waals surface area contributed by atoms with E-state index in [1.807, 2.05) is 0 Å². The van der Waals surface area contributed by atoms with E-state index >= 15 is 0 Å². The zero-order valence-electron chi connectivity index (χ0n) is 21.8. The van der Waals surface area contributed by atoms with Crippen molar-refractivity contribution in [2.24, 2.45) is 0 Å². The molecule has 3 aromatic carbocycles. The van der Waals surface area contributed by atoms with Gasteiger partial charge in [-0.25, -0.2) is 9.18 Å². The Morgan fingerprint density at radius 3 is 2.46 bits per heavy atom. The van der Waals surface area contributed by atoms with Crippen LogP contribution in [-0.4, -0.2) is 43.6 Å². The maximum atomic E-state index is 14.6. The van der Waals surface area contributed by atoms with Gasteiger partial charge in [-0.3, -0.25) is 4.79 Å². The van der Waals surface area contributed by atoms with Gasteiger partial charge in [0.2, 0.25) is 0 Å². The first kappa shape index (κ1) is 29.9. The molecule has 4 rings (SSSR count). The van der Waals surface area contributed by atoms with Gasteiger partial charge in [0.1, 0.15) is 5.75 Å². The van der Waals surface area contributed by atoms with Crippen molar-refractivity contribution in [1.82, 2.24) is 0 Å². The molecule has 2 atom stereocenters. The molecule has 1 amide bonds. The Balaban J connectivity index is 1.73. The van der Waals surface area contributed by atoms with Crippen LogP contribution in [0.1, 0.15) is 24.0 Å². The summed E-state index contributed by atoms with van der Waals surface area (Å²) >= 11 is 6.43. The zero-order chi connectivity index (χ0) is 30.1. The quantitative estimate of drug-likeness (QED) is 0.141. The summed E-state index contributed by atoms with van der Waals surface area (Å²) in [6, 6.07) is 11.2. The van der Waals surface area contributed by atoms with Crippen LogP contribution in [0.2, 0.25) is 5.02 Å². The van der Waals surface area contributed by atoms with E-state index in [2.05, 4.69) is 11.3 Å². The minimum Gasteiger partial charge on any atom is -0.482 e. The molecule has 2 unspecified atom stereocenters. The number of amides is 1. The lowest BCUT2D eigenvalue weighted by molar-refractivity contribution is -0.274. The van der Waals surface area contributed by atoms with Crippen molar-refractivity contribution in [2.75, 3.05) is 25.2 Å². The van der Waals surface area contributed by atoms with Crippen LogP contribution in [0.25, 0.3) is 11.1 Å². The minimum absolute atomic E-state index is 0.0301. The van der Waals surface area contributed by atoms with Crippen molar-refractivity contribution >= 4 is 29.4 Å². The van der Waals surface area contributed by atoms with Gasteiger partial charge >= 0.3 is 12.3 Å². The molecule has 1 N–H and O–H groups in total. The molecule has 1 aliphatic heterocycles.